The Hall–Kier alpha value is -1.08. The van der Waals surface area contributed by atoms with Crippen molar-refractivity contribution in [1.29, 1.82) is 0 Å². The summed E-state index contributed by atoms with van der Waals surface area (Å²) in [6, 6.07) is 2.75. The molecule has 1 aromatic rings. The van der Waals surface area contributed by atoms with E-state index in [0.717, 1.165) is 19.6 Å². The van der Waals surface area contributed by atoms with E-state index in [-0.39, 0.29) is 11.6 Å². The van der Waals surface area contributed by atoms with Gasteiger partial charge in [0.25, 0.3) is 0 Å². The van der Waals surface area contributed by atoms with Gasteiger partial charge in [0, 0.05) is 31.2 Å². The SMILES string of the molecule is Cc1ccc(C(NN)C2CN(C)CCN2C)c(F)c1F. The van der Waals surface area contributed by atoms with Gasteiger partial charge in [0.2, 0.25) is 0 Å². The average Bonchev–Trinajstić information content (AvgIpc) is 2.43. The molecule has 4 nitrogen and oxygen atoms in total. The van der Waals surface area contributed by atoms with Crippen LogP contribution in [-0.4, -0.2) is 49.6 Å². The van der Waals surface area contributed by atoms with E-state index in [1.165, 1.54) is 0 Å². The van der Waals surface area contributed by atoms with E-state index in [2.05, 4.69) is 15.2 Å². The van der Waals surface area contributed by atoms with Gasteiger partial charge in [-0.3, -0.25) is 16.2 Å². The summed E-state index contributed by atoms with van der Waals surface area (Å²) < 4.78 is 27.9. The minimum absolute atomic E-state index is 0.00430. The number of hydrogen-bond donors (Lipinski definition) is 2. The molecule has 1 fully saturated rings. The molecule has 1 aliphatic heterocycles. The first-order valence-corrected chi connectivity index (χ1v) is 6.75. The number of nitrogens with two attached hydrogens (primary N) is 1. The standard InChI is InChI=1S/C14H22F2N4/c1-9-4-5-10(13(16)12(9)15)14(18-17)11-8-19(2)6-7-20(11)3/h4-5,11,14,18H,6-8,17H2,1-3H3. The van der Waals surface area contributed by atoms with Gasteiger partial charge in [-0.1, -0.05) is 12.1 Å². The molecule has 20 heavy (non-hydrogen) atoms. The number of nitrogens with one attached hydrogen (secondary N) is 1. The number of hydrogen-bond acceptors (Lipinski definition) is 4. The second kappa shape index (κ2) is 6.13. The maximum atomic E-state index is 14.2. The zero-order chi connectivity index (χ0) is 14.9. The molecular formula is C14H22F2N4. The fourth-order valence-electron chi connectivity index (χ4n) is 2.71. The van der Waals surface area contributed by atoms with Crippen molar-refractivity contribution in [3.05, 3.63) is 34.9 Å². The Morgan fingerprint density at radius 2 is 1.95 bits per heavy atom. The van der Waals surface area contributed by atoms with E-state index in [4.69, 9.17) is 5.84 Å². The van der Waals surface area contributed by atoms with Gasteiger partial charge in [0.1, 0.15) is 0 Å². The van der Waals surface area contributed by atoms with E-state index >= 15 is 0 Å². The van der Waals surface area contributed by atoms with Crippen molar-refractivity contribution >= 4 is 0 Å². The van der Waals surface area contributed by atoms with Gasteiger partial charge in [-0.2, -0.15) is 0 Å². The van der Waals surface area contributed by atoms with Crippen molar-refractivity contribution in [3.8, 4) is 0 Å². The second-order valence-corrected chi connectivity index (χ2v) is 5.55. The van der Waals surface area contributed by atoms with Crippen LogP contribution in [0.25, 0.3) is 0 Å². The van der Waals surface area contributed by atoms with Crippen LogP contribution in [0.1, 0.15) is 17.2 Å². The molecule has 0 radical (unpaired) electrons. The molecule has 0 amide bonds. The van der Waals surface area contributed by atoms with Crippen molar-refractivity contribution in [3.63, 3.8) is 0 Å². The molecule has 2 rings (SSSR count). The molecule has 2 atom stereocenters. The Bertz CT molecular complexity index is 480. The van der Waals surface area contributed by atoms with Gasteiger partial charge in [-0.05, 0) is 26.6 Å². The summed E-state index contributed by atoms with van der Waals surface area (Å²) in [6.45, 7) is 4.12. The Morgan fingerprint density at radius 3 is 2.60 bits per heavy atom. The summed E-state index contributed by atoms with van der Waals surface area (Å²) in [5, 5.41) is 0. The van der Waals surface area contributed by atoms with Crippen LogP contribution in [0.5, 0.6) is 0 Å². The van der Waals surface area contributed by atoms with Gasteiger partial charge in [0.05, 0.1) is 6.04 Å². The summed E-state index contributed by atoms with van der Waals surface area (Å²) in [6.07, 6.45) is 0. The number of rotatable bonds is 3. The predicted molar refractivity (Wildman–Crippen MR) is 75.1 cm³/mol. The lowest BCUT2D eigenvalue weighted by atomic mass is 9.95. The van der Waals surface area contributed by atoms with Crippen LogP contribution in [0, 0.1) is 18.6 Å². The van der Waals surface area contributed by atoms with E-state index in [1.807, 2.05) is 14.1 Å². The summed E-state index contributed by atoms with van der Waals surface area (Å²) in [7, 11) is 3.99. The fourth-order valence-corrected chi connectivity index (χ4v) is 2.71. The van der Waals surface area contributed by atoms with E-state index in [0.29, 0.717) is 5.56 Å². The van der Waals surface area contributed by atoms with Crippen molar-refractivity contribution in [2.45, 2.75) is 19.0 Å². The normalized spacial score (nSPS) is 23.0. The van der Waals surface area contributed by atoms with Crippen LogP contribution in [-0.2, 0) is 0 Å². The average molecular weight is 284 g/mol. The lowest BCUT2D eigenvalue weighted by molar-refractivity contribution is 0.0865. The minimum Gasteiger partial charge on any atom is -0.303 e. The highest BCUT2D eigenvalue weighted by molar-refractivity contribution is 5.29. The molecule has 6 heteroatoms. The maximum Gasteiger partial charge on any atom is 0.163 e. The smallest absolute Gasteiger partial charge is 0.163 e. The molecule has 0 bridgehead atoms. The Balaban J connectivity index is 2.34. The van der Waals surface area contributed by atoms with E-state index in [9.17, 15) is 8.78 Å². The lowest BCUT2D eigenvalue weighted by Crippen LogP contribution is -2.56. The molecular weight excluding hydrogens is 262 g/mol. The number of likely N-dealkylation sites (N-methyl/N-ethyl adjacent to an activating group) is 2. The van der Waals surface area contributed by atoms with Crippen molar-refractivity contribution in [1.82, 2.24) is 15.2 Å². The first-order chi connectivity index (χ1) is 9.45. The number of aryl methyl sites for hydroxylation is 1. The molecule has 0 aromatic heterocycles. The summed E-state index contributed by atoms with van der Waals surface area (Å²) in [5.74, 6) is 4.01. The second-order valence-electron chi connectivity index (χ2n) is 5.55. The number of benzene rings is 1. The topological polar surface area (TPSA) is 44.5 Å². The predicted octanol–water partition coefficient (Wildman–Crippen LogP) is 1.02. The number of hydrazine groups is 1. The zero-order valence-corrected chi connectivity index (χ0v) is 12.2. The van der Waals surface area contributed by atoms with Gasteiger partial charge in [-0.25, -0.2) is 8.78 Å². The monoisotopic (exact) mass is 284 g/mol. The van der Waals surface area contributed by atoms with Crippen LogP contribution in [0.3, 0.4) is 0 Å². The molecule has 2 unspecified atom stereocenters. The molecule has 0 aliphatic carbocycles. The van der Waals surface area contributed by atoms with E-state index < -0.39 is 17.7 Å². The Labute approximate surface area is 118 Å². The molecule has 1 saturated heterocycles. The quantitative estimate of drug-likeness (QED) is 0.643. The summed E-state index contributed by atoms with van der Waals surface area (Å²) in [5.41, 5.74) is 3.23. The Morgan fingerprint density at radius 1 is 1.25 bits per heavy atom. The highest BCUT2D eigenvalue weighted by atomic mass is 19.2. The van der Waals surface area contributed by atoms with Gasteiger partial charge in [0.15, 0.2) is 11.6 Å². The molecule has 1 aromatic carbocycles. The first kappa shape index (κ1) is 15.3. The molecule has 3 N–H and O–H groups in total. The molecule has 0 saturated carbocycles. The third-order valence-corrected chi connectivity index (χ3v) is 4.10. The first-order valence-electron chi connectivity index (χ1n) is 6.75. The largest absolute Gasteiger partial charge is 0.303 e. The molecule has 0 spiro atoms. The molecule has 1 heterocycles. The zero-order valence-electron chi connectivity index (χ0n) is 12.2. The number of piperazine rings is 1. The Kier molecular flexibility index (Phi) is 4.70. The van der Waals surface area contributed by atoms with Gasteiger partial charge in [-0.15, -0.1) is 0 Å². The molecule has 1 aliphatic rings. The highest BCUT2D eigenvalue weighted by Crippen LogP contribution is 2.27. The third kappa shape index (κ3) is 2.83. The maximum absolute atomic E-state index is 14.2. The fraction of sp³-hybridized carbons (Fsp3) is 0.571. The summed E-state index contributed by atoms with van der Waals surface area (Å²) in [4.78, 5) is 4.29. The van der Waals surface area contributed by atoms with Crippen LogP contribution >= 0.6 is 0 Å². The van der Waals surface area contributed by atoms with Crippen molar-refractivity contribution in [2.24, 2.45) is 5.84 Å². The van der Waals surface area contributed by atoms with Crippen LogP contribution in [0.15, 0.2) is 12.1 Å². The summed E-state index contributed by atoms with van der Waals surface area (Å²) >= 11 is 0. The number of halogens is 2. The van der Waals surface area contributed by atoms with Crippen molar-refractivity contribution in [2.75, 3.05) is 33.7 Å². The number of nitrogens with zero attached hydrogens (tertiary/aromatic N) is 2. The van der Waals surface area contributed by atoms with Crippen LogP contribution in [0.2, 0.25) is 0 Å². The van der Waals surface area contributed by atoms with Crippen LogP contribution in [0.4, 0.5) is 8.78 Å². The van der Waals surface area contributed by atoms with Gasteiger partial charge < -0.3 is 4.90 Å². The van der Waals surface area contributed by atoms with Crippen LogP contribution < -0.4 is 11.3 Å². The third-order valence-electron chi connectivity index (χ3n) is 4.10. The minimum atomic E-state index is -0.811. The highest BCUT2D eigenvalue weighted by Gasteiger charge is 2.32. The van der Waals surface area contributed by atoms with E-state index in [1.54, 1.807) is 19.1 Å². The van der Waals surface area contributed by atoms with Gasteiger partial charge >= 0.3 is 0 Å². The molecule has 112 valence electrons. The van der Waals surface area contributed by atoms with Crippen molar-refractivity contribution < 1.29 is 8.78 Å². The lowest BCUT2D eigenvalue weighted by Gasteiger charge is -2.41.